The molecule has 13 heavy (non-hydrogen) atoms. The van der Waals surface area contributed by atoms with E-state index in [0.717, 1.165) is 12.5 Å². The second kappa shape index (κ2) is 5.58. The van der Waals surface area contributed by atoms with Crippen molar-refractivity contribution in [3.05, 3.63) is 0 Å². The van der Waals surface area contributed by atoms with Crippen LogP contribution in [0.1, 0.15) is 19.3 Å². The number of nitrogens with zero attached hydrogens (tertiary/aromatic N) is 2. The van der Waals surface area contributed by atoms with Crippen LogP contribution >= 0.6 is 0 Å². The van der Waals surface area contributed by atoms with Gasteiger partial charge in [0.2, 0.25) is 0 Å². The van der Waals surface area contributed by atoms with Crippen molar-refractivity contribution in [1.82, 2.24) is 9.80 Å². The molecule has 0 aromatic rings. The standard InChI is InChI=1S/C10H23N3/c1-12-6-3-10(4-7-12)5-8-13(2)9-11/h10H,3-9,11H2,1-2H3. The van der Waals surface area contributed by atoms with Crippen LogP contribution in [0.3, 0.4) is 0 Å². The molecule has 1 aliphatic rings. The molecule has 1 heterocycles. The molecule has 3 heteroatoms. The monoisotopic (exact) mass is 185 g/mol. The third-order valence-electron chi connectivity index (χ3n) is 3.07. The van der Waals surface area contributed by atoms with Gasteiger partial charge in [-0.3, -0.25) is 4.90 Å². The molecular formula is C10H23N3. The molecular weight excluding hydrogens is 162 g/mol. The second-order valence-corrected chi connectivity index (χ2v) is 4.30. The molecule has 3 nitrogen and oxygen atoms in total. The summed E-state index contributed by atoms with van der Waals surface area (Å²) in [7, 11) is 4.30. The molecule has 78 valence electrons. The zero-order valence-corrected chi connectivity index (χ0v) is 9.00. The van der Waals surface area contributed by atoms with Gasteiger partial charge in [-0.05, 0) is 58.9 Å². The van der Waals surface area contributed by atoms with Crippen molar-refractivity contribution in [3.63, 3.8) is 0 Å². The first-order valence-corrected chi connectivity index (χ1v) is 5.29. The molecule has 0 saturated carbocycles. The highest BCUT2D eigenvalue weighted by atomic mass is 15.1. The predicted octanol–water partition coefficient (Wildman–Crippen LogP) is 0.566. The van der Waals surface area contributed by atoms with Gasteiger partial charge >= 0.3 is 0 Å². The number of nitrogens with two attached hydrogens (primary N) is 1. The van der Waals surface area contributed by atoms with Crippen molar-refractivity contribution >= 4 is 0 Å². The van der Waals surface area contributed by atoms with Gasteiger partial charge in [-0.2, -0.15) is 0 Å². The molecule has 0 unspecified atom stereocenters. The average Bonchev–Trinajstić information content (AvgIpc) is 2.16. The van der Waals surface area contributed by atoms with Gasteiger partial charge in [-0.15, -0.1) is 0 Å². The Hall–Kier alpha value is -0.120. The highest BCUT2D eigenvalue weighted by Gasteiger charge is 2.16. The Balaban J connectivity index is 2.08. The zero-order chi connectivity index (χ0) is 9.68. The van der Waals surface area contributed by atoms with E-state index in [2.05, 4.69) is 23.9 Å². The van der Waals surface area contributed by atoms with Crippen LogP contribution in [0.5, 0.6) is 0 Å². The summed E-state index contributed by atoms with van der Waals surface area (Å²) in [6.45, 7) is 4.39. The Kier molecular flexibility index (Phi) is 4.70. The minimum atomic E-state index is 0.687. The van der Waals surface area contributed by atoms with Crippen molar-refractivity contribution in [2.24, 2.45) is 11.7 Å². The van der Waals surface area contributed by atoms with Crippen molar-refractivity contribution < 1.29 is 0 Å². The van der Waals surface area contributed by atoms with E-state index in [4.69, 9.17) is 5.73 Å². The lowest BCUT2D eigenvalue weighted by Crippen LogP contribution is -2.33. The van der Waals surface area contributed by atoms with Crippen LogP contribution in [0.2, 0.25) is 0 Å². The van der Waals surface area contributed by atoms with Crippen molar-refractivity contribution in [2.45, 2.75) is 19.3 Å². The van der Waals surface area contributed by atoms with Crippen LogP contribution in [-0.4, -0.2) is 50.2 Å². The first kappa shape index (κ1) is 11.0. The van der Waals surface area contributed by atoms with Gasteiger partial charge in [0.25, 0.3) is 0 Å². The van der Waals surface area contributed by atoms with E-state index >= 15 is 0 Å². The topological polar surface area (TPSA) is 32.5 Å². The normalized spacial score (nSPS) is 21.2. The van der Waals surface area contributed by atoms with E-state index in [0.29, 0.717) is 6.67 Å². The van der Waals surface area contributed by atoms with E-state index < -0.39 is 0 Å². The Labute approximate surface area is 81.9 Å². The Morgan fingerprint density at radius 1 is 1.38 bits per heavy atom. The van der Waals surface area contributed by atoms with Gasteiger partial charge in [-0.1, -0.05) is 0 Å². The van der Waals surface area contributed by atoms with E-state index in [1.807, 2.05) is 0 Å². The van der Waals surface area contributed by atoms with Gasteiger partial charge in [-0.25, -0.2) is 0 Å². The lowest BCUT2D eigenvalue weighted by molar-refractivity contribution is 0.196. The van der Waals surface area contributed by atoms with E-state index in [9.17, 15) is 0 Å². The predicted molar refractivity (Wildman–Crippen MR) is 56.5 cm³/mol. The summed E-state index contributed by atoms with van der Waals surface area (Å²) in [5.74, 6) is 0.935. The van der Waals surface area contributed by atoms with Gasteiger partial charge in [0.15, 0.2) is 0 Å². The first-order chi connectivity index (χ1) is 6.22. The summed E-state index contributed by atoms with van der Waals surface area (Å²) in [4.78, 5) is 4.61. The largest absolute Gasteiger partial charge is 0.318 e. The third-order valence-corrected chi connectivity index (χ3v) is 3.07. The molecule has 0 bridgehead atoms. The summed E-state index contributed by atoms with van der Waals surface area (Å²) >= 11 is 0. The molecule has 1 rings (SSSR count). The number of rotatable bonds is 4. The molecule has 0 aromatic heterocycles. The number of hydrogen-bond donors (Lipinski definition) is 1. The first-order valence-electron chi connectivity index (χ1n) is 5.29. The Bertz CT molecular complexity index is 130. The SMILES string of the molecule is CN(CN)CCC1CCN(C)CC1. The van der Waals surface area contributed by atoms with Gasteiger partial charge in [0.05, 0.1) is 0 Å². The van der Waals surface area contributed by atoms with Crippen LogP contribution in [0, 0.1) is 5.92 Å². The maximum absolute atomic E-state index is 5.53. The van der Waals surface area contributed by atoms with Crippen LogP contribution in [0.25, 0.3) is 0 Å². The zero-order valence-electron chi connectivity index (χ0n) is 9.00. The maximum Gasteiger partial charge on any atom is 0.0452 e. The summed E-state index contributed by atoms with van der Waals surface area (Å²) in [5.41, 5.74) is 5.53. The van der Waals surface area contributed by atoms with Gasteiger partial charge in [0, 0.05) is 6.67 Å². The molecule has 1 aliphatic heterocycles. The minimum Gasteiger partial charge on any atom is -0.318 e. The fraction of sp³-hybridized carbons (Fsp3) is 1.00. The maximum atomic E-state index is 5.53. The van der Waals surface area contributed by atoms with E-state index in [1.54, 1.807) is 0 Å². The number of piperidine rings is 1. The Morgan fingerprint density at radius 3 is 2.54 bits per heavy atom. The quantitative estimate of drug-likeness (QED) is 0.650. The van der Waals surface area contributed by atoms with Crippen LogP contribution < -0.4 is 5.73 Å². The number of likely N-dealkylation sites (tertiary alicyclic amines) is 1. The fourth-order valence-corrected chi connectivity index (χ4v) is 1.84. The Morgan fingerprint density at radius 2 is 2.00 bits per heavy atom. The second-order valence-electron chi connectivity index (χ2n) is 4.30. The number of hydrogen-bond acceptors (Lipinski definition) is 3. The smallest absolute Gasteiger partial charge is 0.0452 e. The van der Waals surface area contributed by atoms with Crippen LogP contribution in [0.15, 0.2) is 0 Å². The van der Waals surface area contributed by atoms with E-state index in [1.165, 1.54) is 32.4 Å². The summed E-state index contributed by atoms with van der Waals surface area (Å²) in [6, 6.07) is 0. The molecule has 0 atom stereocenters. The minimum absolute atomic E-state index is 0.687. The molecule has 0 amide bonds. The van der Waals surface area contributed by atoms with Gasteiger partial charge < -0.3 is 10.6 Å². The molecule has 0 spiro atoms. The lowest BCUT2D eigenvalue weighted by atomic mass is 9.94. The summed E-state index contributed by atoms with van der Waals surface area (Å²) < 4.78 is 0. The van der Waals surface area contributed by atoms with Crippen molar-refractivity contribution in [2.75, 3.05) is 40.4 Å². The molecule has 0 aromatic carbocycles. The summed E-state index contributed by atoms with van der Waals surface area (Å²) in [6.07, 6.45) is 4.06. The molecule has 0 radical (unpaired) electrons. The van der Waals surface area contributed by atoms with Crippen molar-refractivity contribution in [3.8, 4) is 0 Å². The molecule has 1 fully saturated rings. The molecule has 0 aliphatic carbocycles. The lowest BCUT2D eigenvalue weighted by Gasteiger charge is -2.29. The van der Waals surface area contributed by atoms with Crippen molar-refractivity contribution in [1.29, 1.82) is 0 Å². The van der Waals surface area contributed by atoms with E-state index in [-0.39, 0.29) is 0 Å². The summed E-state index contributed by atoms with van der Waals surface area (Å²) in [5, 5.41) is 0. The molecule has 1 saturated heterocycles. The average molecular weight is 185 g/mol. The fourth-order valence-electron chi connectivity index (χ4n) is 1.84. The third kappa shape index (κ3) is 4.07. The van der Waals surface area contributed by atoms with Crippen LogP contribution in [0.4, 0.5) is 0 Å². The molecule has 2 N–H and O–H groups in total. The van der Waals surface area contributed by atoms with Crippen LogP contribution in [-0.2, 0) is 0 Å². The highest BCUT2D eigenvalue weighted by Crippen LogP contribution is 2.19. The highest BCUT2D eigenvalue weighted by molar-refractivity contribution is 4.70. The van der Waals surface area contributed by atoms with Gasteiger partial charge in [0.1, 0.15) is 0 Å².